The molecule has 0 spiro atoms. The van der Waals surface area contributed by atoms with Crippen molar-refractivity contribution in [3.63, 3.8) is 0 Å². The highest BCUT2D eigenvalue weighted by Gasteiger charge is 2.28. The van der Waals surface area contributed by atoms with Crippen molar-refractivity contribution in [2.45, 2.75) is 38.9 Å². The third-order valence-corrected chi connectivity index (χ3v) is 4.31. The van der Waals surface area contributed by atoms with Gasteiger partial charge in [0.15, 0.2) is 0 Å². The lowest BCUT2D eigenvalue weighted by molar-refractivity contribution is -0.0415. The number of morpholine rings is 1. The van der Waals surface area contributed by atoms with Crippen molar-refractivity contribution in [2.75, 3.05) is 26.8 Å². The SMILES string of the molecule is COc1ccc(C[C@@H]2CN(C(=O)OC(C)(C)C)CCO2)cc1I.I. The van der Waals surface area contributed by atoms with E-state index in [-0.39, 0.29) is 36.2 Å². The van der Waals surface area contributed by atoms with Crippen molar-refractivity contribution in [3.05, 3.63) is 27.3 Å². The Morgan fingerprint density at radius 2 is 2.12 bits per heavy atom. The second-order valence-electron chi connectivity index (χ2n) is 6.59. The molecule has 1 aromatic rings. The fraction of sp³-hybridized carbons (Fsp3) is 0.588. The minimum Gasteiger partial charge on any atom is -0.496 e. The summed E-state index contributed by atoms with van der Waals surface area (Å²) in [5.74, 6) is 0.870. The molecule has 1 atom stereocenters. The van der Waals surface area contributed by atoms with Crippen LogP contribution in [0.4, 0.5) is 4.79 Å². The summed E-state index contributed by atoms with van der Waals surface area (Å²) in [6, 6.07) is 6.09. The second kappa shape index (κ2) is 9.42. The van der Waals surface area contributed by atoms with Crippen LogP contribution in [0.5, 0.6) is 5.75 Å². The van der Waals surface area contributed by atoms with E-state index in [0.29, 0.717) is 19.7 Å². The molecule has 1 aliphatic heterocycles. The van der Waals surface area contributed by atoms with Crippen molar-refractivity contribution in [1.82, 2.24) is 4.90 Å². The second-order valence-corrected chi connectivity index (χ2v) is 7.75. The van der Waals surface area contributed by atoms with E-state index in [1.54, 1.807) is 12.0 Å². The first-order valence-corrected chi connectivity index (χ1v) is 8.78. The Bertz CT molecular complexity index is 560. The lowest BCUT2D eigenvalue weighted by Gasteiger charge is -2.34. The average Bonchev–Trinajstić information content (AvgIpc) is 2.46. The quantitative estimate of drug-likeness (QED) is 0.522. The number of rotatable bonds is 3. The maximum absolute atomic E-state index is 12.2. The maximum Gasteiger partial charge on any atom is 0.410 e. The summed E-state index contributed by atoms with van der Waals surface area (Å²) in [7, 11) is 1.67. The van der Waals surface area contributed by atoms with Gasteiger partial charge in [-0.15, -0.1) is 24.0 Å². The molecule has 24 heavy (non-hydrogen) atoms. The molecule has 1 saturated heterocycles. The minimum absolute atomic E-state index is 0. The van der Waals surface area contributed by atoms with Crippen molar-refractivity contribution < 1.29 is 19.0 Å². The van der Waals surface area contributed by atoms with E-state index in [1.165, 1.54) is 5.56 Å². The highest BCUT2D eigenvalue weighted by atomic mass is 127. The molecule has 0 bridgehead atoms. The van der Waals surface area contributed by atoms with Gasteiger partial charge in [-0.25, -0.2) is 4.79 Å². The smallest absolute Gasteiger partial charge is 0.410 e. The molecule has 136 valence electrons. The third kappa shape index (κ3) is 6.55. The monoisotopic (exact) mass is 561 g/mol. The van der Waals surface area contributed by atoms with Crippen molar-refractivity contribution in [1.29, 1.82) is 0 Å². The number of hydrogen-bond donors (Lipinski definition) is 0. The summed E-state index contributed by atoms with van der Waals surface area (Å²) < 4.78 is 17.6. The van der Waals surface area contributed by atoms with E-state index < -0.39 is 5.60 Å². The van der Waals surface area contributed by atoms with Crippen molar-refractivity contribution in [2.24, 2.45) is 0 Å². The van der Waals surface area contributed by atoms with E-state index >= 15 is 0 Å². The van der Waals surface area contributed by atoms with Gasteiger partial charge in [0.05, 0.1) is 29.9 Å². The largest absolute Gasteiger partial charge is 0.496 e. The Morgan fingerprint density at radius 3 is 2.71 bits per heavy atom. The molecule has 1 heterocycles. The summed E-state index contributed by atoms with van der Waals surface area (Å²) in [5.41, 5.74) is 0.697. The number of nitrogens with zero attached hydrogens (tertiary/aromatic N) is 1. The van der Waals surface area contributed by atoms with Gasteiger partial charge in [0.25, 0.3) is 0 Å². The average molecular weight is 561 g/mol. The molecule has 0 N–H and O–H groups in total. The van der Waals surface area contributed by atoms with E-state index in [0.717, 1.165) is 15.7 Å². The van der Waals surface area contributed by atoms with Crippen LogP contribution in [0.25, 0.3) is 0 Å². The van der Waals surface area contributed by atoms with Crippen LogP contribution < -0.4 is 4.74 Å². The number of carbonyl (C=O) groups is 1. The number of amides is 1. The summed E-state index contributed by atoms with van der Waals surface area (Å²) in [4.78, 5) is 13.9. The van der Waals surface area contributed by atoms with Gasteiger partial charge in [0, 0.05) is 13.0 Å². The first kappa shape index (κ1) is 21.8. The van der Waals surface area contributed by atoms with Crippen LogP contribution in [0.3, 0.4) is 0 Å². The van der Waals surface area contributed by atoms with Crippen LogP contribution in [-0.2, 0) is 15.9 Å². The zero-order valence-electron chi connectivity index (χ0n) is 14.5. The van der Waals surface area contributed by atoms with E-state index in [9.17, 15) is 4.79 Å². The van der Waals surface area contributed by atoms with Crippen LogP contribution in [0.2, 0.25) is 0 Å². The number of methoxy groups -OCH3 is 1. The fourth-order valence-electron chi connectivity index (χ4n) is 2.43. The molecule has 1 aliphatic rings. The van der Waals surface area contributed by atoms with Gasteiger partial charge in [0.2, 0.25) is 0 Å². The first-order chi connectivity index (χ1) is 10.8. The lowest BCUT2D eigenvalue weighted by atomic mass is 10.1. The molecule has 0 radical (unpaired) electrons. The highest BCUT2D eigenvalue weighted by molar-refractivity contribution is 14.1. The third-order valence-electron chi connectivity index (χ3n) is 3.47. The standard InChI is InChI=1S/C17H24INO4.HI/c1-17(2,3)23-16(20)19-7-8-22-13(11-19)9-12-5-6-15(21-4)14(18)10-12;/h5-6,10,13H,7-9,11H2,1-4H3;1H/t13-;/m1./s1. The first-order valence-electron chi connectivity index (χ1n) is 7.70. The van der Waals surface area contributed by atoms with Crippen LogP contribution >= 0.6 is 46.6 Å². The molecule has 1 amide bonds. The van der Waals surface area contributed by atoms with E-state index in [1.807, 2.05) is 32.9 Å². The Balaban J connectivity index is 0.00000288. The molecule has 2 rings (SSSR count). The number of halogens is 2. The summed E-state index contributed by atoms with van der Waals surface area (Å²) in [5, 5.41) is 0. The van der Waals surface area contributed by atoms with Gasteiger partial charge in [-0.05, 0) is 61.1 Å². The zero-order chi connectivity index (χ0) is 17.0. The van der Waals surface area contributed by atoms with Gasteiger partial charge in [0.1, 0.15) is 11.4 Å². The van der Waals surface area contributed by atoms with Gasteiger partial charge >= 0.3 is 6.09 Å². The summed E-state index contributed by atoms with van der Waals surface area (Å²) in [6.45, 7) is 7.30. The topological polar surface area (TPSA) is 48.0 Å². The molecule has 0 saturated carbocycles. The number of benzene rings is 1. The summed E-state index contributed by atoms with van der Waals surface area (Å²) >= 11 is 2.26. The number of ether oxygens (including phenoxy) is 3. The van der Waals surface area contributed by atoms with Crippen LogP contribution in [0.15, 0.2) is 18.2 Å². The molecular formula is C17H25I2NO4. The molecule has 7 heteroatoms. The fourth-order valence-corrected chi connectivity index (χ4v) is 3.23. The van der Waals surface area contributed by atoms with Crippen molar-refractivity contribution in [3.8, 4) is 5.75 Å². The Hall–Kier alpha value is -0.290. The normalized spacial score (nSPS) is 17.9. The number of carbonyl (C=O) groups excluding carboxylic acids is 1. The molecule has 5 nitrogen and oxygen atoms in total. The molecule has 0 unspecified atom stereocenters. The number of hydrogen-bond acceptors (Lipinski definition) is 4. The molecule has 1 fully saturated rings. The zero-order valence-corrected chi connectivity index (χ0v) is 19.0. The van der Waals surface area contributed by atoms with E-state index in [4.69, 9.17) is 14.2 Å². The Morgan fingerprint density at radius 1 is 1.42 bits per heavy atom. The predicted molar refractivity (Wildman–Crippen MR) is 112 cm³/mol. The van der Waals surface area contributed by atoms with Gasteiger partial charge < -0.3 is 19.1 Å². The van der Waals surface area contributed by atoms with E-state index in [2.05, 4.69) is 28.7 Å². The Kier molecular flexibility index (Phi) is 8.54. The molecular weight excluding hydrogens is 536 g/mol. The van der Waals surface area contributed by atoms with Gasteiger partial charge in [-0.3, -0.25) is 0 Å². The minimum atomic E-state index is -0.475. The van der Waals surface area contributed by atoms with Gasteiger partial charge in [-0.2, -0.15) is 0 Å². The molecule has 1 aromatic carbocycles. The molecule has 0 aliphatic carbocycles. The predicted octanol–water partition coefficient (Wildman–Crippen LogP) is 4.10. The van der Waals surface area contributed by atoms with Gasteiger partial charge in [-0.1, -0.05) is 6.07 Å². The highest BCUT2D eigenvalue weighted by Crippen LogP contribution is 2.23. The lowest BCUT2D eigenvalue weighted by Crippen LogP contribution is -2.48. The van der Waals surface area contributed by atoms with Crippen LogP contribution in [0, 0.1) is 3.57 Å². The molecule has 0 aromatic heterocycles. The van der Waals surface area contributed by atoms with Crippen LogP contribution in [0.1, 0.15) is 26.3 Å². The Labute approximate surface area is 174 Å². The van der Waals surface area contributed by atoms with Crippen molar-refractivity contribution >= 4 is 52.7 Å². The maximum atomic E-state index is 12.2. The van der Waals surface area contributed by atoms with Crippen LogP contribution in [-0.4, -0.2) is 49.5 Å². The summed E-state index contributed by atoms with van der Waals surface area (Å²) in [6.07, 6.45) is 0.481.